The van der Waals surface area contributed by atoms with Gasteiger partial charge in [-0.15, -0.1) is 0 Å². The van der Waals surface area contributed by atoms with Gasteiger partial charge in [0, 0.05) is 19.9 Å². The standard InChI is InChI=1S/C21H35IO3Si/c1-14-7-8-18-16(19(14)23)13-15(2)17(9-10-22)21(18,3)20(24)25-11-12-26(4,5)6/h9-10,13-14,16-19,23H,7-8,11-12H2,1-6H3/b10-9+/t14-,16+,17-,18-,19+,21-/m0/s1. The maximum atomic E-state index is 13.3. The molecule has 0 unspecified atom stereocenters. The van der Waals surface area contributed by atoms with E-state index in [1.165, 1.54) is 5.57 Å². The van der Waals surface area contributed by atoms with Gasteiger partial charge in [-0.05, 0) is 48.7 Å². The van der Waals surface area contributed by atoms with Gasteiger partial charge >= 0.3 is 5.97 Å². The molecule has 5 heteroatoms. The minimum atomic E-state index is -1.24. The molecule has 0 aromatic rings. The van der Waals surface area contributed by atoms with Gasteiger partial charge in [0.1, 0.15) is 0 Å². The molecule has 0 amide bonds. The summed E-state index contributed by atoms with van der Waals surface area (Å²) in [6.45, 7) is 13.7. The molecule has 0 spiro atoms. The minimum absolute atomic E-state index is 0.0423. The molecule has 1 N–H and O–H groups in total. The molecule has 0 aliphatic heterocycles. The van der Waals surface area contributed by atoms with Gasteiger partial charge in [-0.25, -0.2) is 0 Å². The van der Waals surface area contributed by atoms with Crippen LogP contribution in [0.25, 0.3) is 0 Å². The van der Waals surface area contributed by atoms with E-state index in [9.17, 15) is 9.90 Å². The average Bonchev–Trinajstić information content (AvgIpc) is 2.54. The summed E-state index contributed by atoms with van der Waals surface area (Å²) in [5.41, 5.74) is 0.572. The zero-order valence-electron chi connectivity index (χ0n) is 17.1. The van der Waals surface area contributed by atoms with E-state index in [0.717, 1.165) is 18.9 Å². The number of rotatable bonds is 5. The van der Waals surface area contributed by atoms with E-state index in [-0.39, 0.29) is 35.7 Å². The molecule has 2 aliphatic rings. The second-order valence-electron chi connectivity index (χ2n) is 9.67. The number of aliphatic hydroxyl groups is 1. The van der Waals surface area contributed by atoms with E-state index in [1.807, 2.05) is 4.08 Å². The van der Waals surface area contributed by atoms with Crippen LogP contribution >= 0.6 is 22.6 Å². The van der Waals surface area contributed by atoms with Crippen molar-refractivity contribution in [3.8, 4) is 0 Å². The molecule has 2 aliphatic carbocycles. The van der Waals surface area contributed by atoms with Crippen molar-refractivity contribution in [1.82, 2.24) is 0 Å². The van der Waals surface area contributed by atoms with Gasteiger partial charge in [0.05, 0.1) is 18.1 Å². The van der Waals surface area contributed by atoms with Crippen molar-refractivity contribution in [2.45, 2.75) is 65.4 Å². The first kappa shape index (κ1) is 22.1. The molecule has 1 fully saturated rings. The zero-order chi connectivity index (χ0) is 19.7. The minimum Gasteiger partial charge on any atom is -0.466 e. The molecule has 0 heterocycles. The van der Waals surface area contributed by atoms with Gasteiger partial charge in [-0.2, -0.15) is 0 Å². The van der Waals surface area contributed by atoms with E-state index in [0.29, 0.717) is 6.61 Å². The Bertz CT molecular complexity index is 580. The molecule has 26 heavy (non-hydrogen) atoms. The Labute approximate surface area is 173 Å². The smallest absolute Gasteiger partial charge is 0.313 e. The summed E-state index contributed by atoms with van der Waals surface area (Å²) in [6, 6.07) is 0.990. The number of hydrogen-bond acceptors (Lipinski definition) is 3. The van der Waals surface area contributed by atoms with Crippen LogP contribution in [0.3, 0.4) is 0 Å². The van der Waals surface area contributed by atoms with Crippen LogP contribution in [0.15, 0.2) is 21.8 Å². The third kappa shape index (κ3) is 4.46. The fourth-order valence-electron chi connectivity index (χ4n) is 4.76. The highest BCUT2D eigenvalue weighted by Gasteiger charge is 2.56. The molecule has 0 saturated heterocycles. The summed E-state index contributed by atoms with van der Waals surface area (Å²) in [4.78, 5) is 13.3. The fraction of sp³-hybridized carbons (Fsp3) is 0.762. The van der Waals surface area contributed by atoms with Crippen LogP contribution in [-0.2, 0) is 9.53 Å². The summed E-state index contributed by atoms with van der Waals surface area (Å²) in [5, 5.41) is 10.8. The molecule has 3 nitrogen and oxygen atoms in total. The van der Waals surface area contributed by atoms with Gasteiger partial charge in [0.15, 0.2) is 0 Å². The Morgan fingerprint density at radius 1 is 1.42 bits per heavy atom. The Hall–Kier alpha value is -0.143. The van der Waals surface area contributed by atoms with Crippen molar-refractivity contribution in [3.05, 3.63) is 21.8 Å². The Balaban J connectivity index is 2.33. The lowest BCUT2D eigenvalue weighted by Gasteiger charge is -2.52. The average molecular weight is 490 g/mol. The second-order valence-corrected chi connectivity index (χ2v) is 16.0. The van der Waals surface area contributed by atoms with Crippen LogP contribution in [0.5, 0.6) is 0 Å². The molecule has 0 bridgehead atoms. The number of ether oxygens (including phenoxy) is 1. The normalized spacial score (nSPS) is 38.0. The number of carbonyl (C=O) groups is 1. The highest BCUT2D eigenvalue weighted by molar-refractivity contribution is 14.1. The third-order valence-electron chi connectivity index (χ3n) is 6.53. The Morgan fingerprint density at radius 3 is 2.65 bits per heavy atom. The third-order valence-corrected chi connectivity index (χ3v) is 8.65. The van der Waals surface area contributed by atoms with E-state index in [2.05, 4.69) is 75.2 Å². The van der Waals surface area contributed by atoms with Crippen LogP contribution in [0.4, 0.5) is 0 Å². The first-order valence-electron chi connectivity index (χ1n) is 9.83. The van der Waals surface area contributed by atoms with Gasteiger partial charge in [0.25, 0.3) is 0 Å². The van der Waals surface area contributed by atoms with Crippen molar-refractivity contribution in [1.29, 1.82) is 0 Å². The lowest BCUT2D eigenvalue weighted by Crippen LogP contribution is -2.54. The van der Waals surface area contributed by atoms with Crippen molar-refractivity contribution < 1.29 is 14.6 Å². The molecular weight excluding hydrogens is 455 g/mol. The molecular formula is C21H35IO3Si. The monoisotopic (exact) mass is 490 g/mol. The quantitative estimate of drug-likeness (QED) is 0.242. The number of fused-ring (bicyclic) bond motifs is 1. The predicted octanol–water partition coefficient (Wildman–Crippen LogP) is 5.42. The number of hydrogen-bond donors (Lipinski definition) is 1. The van der Waals surface area contributed by atoms with Crippen molar-refractivity contribution >= 4 is 36.6 Å². The summed E-state index contributed by atoms with van der Waals surface area (Å²) >= 11 is 2.23. The second kappa shape index (κ2) is 8.48. The van der Waals surface area contributed by atoms with E-state index < -0.39 is 13.5 Å². The van der Waals surface area contributed by atoms with Crippen LogP contribution < -0.4 is 0 Å². The molecule has 1 saturated carbocycles. The molecule has 148 valence electrons. The molecule has 0 aromatic heterocycles. The van der Waals surface area contributed by atoms with Gasteiger partial charge < -0.3 is 9.84 Å². The van der Waals surface area contributed by atoms with Gasteiger partial charge in [-0.3, -0.25) is 4.79 Å². The Kier molecular flexibility index (Phi) is 7.22. The van der Waals surface area contributed by atoms with Crippen LogP contribution in [-0.4, -0.2) is 31.9 Å². The van der Waals surface area contributed by atoms with Crippen molar-refractivity contribution in [3.63, 3.8) is 0 Å². The number of carbonyl (C=O) groups excluding carboxylic acids is 1. The van der Waals surface area contributed by atoms with Gasteiger partial charge in [0.2, 0.25) is 0 Å². The lowest BCUT2D eigenvalue weighted by molar-refractivity contribution is -0.166. The van der Waals surface area contributed by atoms with Crippen molar-refractivity contribution in [2.75, 3.05) is 6.61 Å². The maximum absolute atomic E-state index is 13.3. The highest BCUT2D eigenvalue weighted by Crippen LogP contribution is 2.55. The largest absolute Gasteiger partial charge is 0.466 e. The van der Waals surface area contributed by atoms with Crippen LogP contribution in [0.2, 0.25) is 25.7 Å². The number of allylic oxidation sites excluding steroid dienone is 2. The molecule has 0 radical (unpaired) electrons. The summed E-state index contributed by atoms with van der Waals surface area (Å²) in [6.07, 6.45) is 5.92. The summed E-state index contributed by atoms with van der Waals surface area (Å²) in [7, 11) is -1.24. The summed E-state index contributed by atoms with van der Waals surface area (Å²) in [5.74, 6) is 0.422. The van der Waals surface area contributed by atoms with Gasteiger partial charge in [-0.1, -0.05) is 66.9 Å². The first-order valence-corrected chi connectivity index (χ1v) is 14.8. The Morgan fingerprint density at radius 2 is 2.08 bits per heavy atom. The molecule has 2 rings (SSSR count). The van der Waals surface area contributed by atoms with Crippen LogP contribution in [0.1, 0.15) is 33.6 Å². The SMILES string of the molecule is CC1=C[C@H]2[C@H](O)[C@@H](C)CC[C@@H]2[C@@](C)(C(=O)OCC[Si](C)(C)C)[C@H]1/C=C/I. The van der Waals surface area contributed by atoms with E-state index in [1.54, 1.807) is 0 Å². The number of halogens is 1. The maximum Gasteiger partial charge on any atom is 0.313 e. The number of aliphatic hydroxyl groups excluding tert-OH is 1. The van der Waals surface area contributed by atoms with Crippen molar-refractivity contribution in [2.24, 2.45) is 29.1 Å². The molecule has 6 atom stereocenters. The fourth-order valence-corrected chi connectivity index (χ4v) is 5.89. The zero-order valence-corrected chi connectivity index (χ0v) is 20.2. The lowest BCUT2D eigenvalue weighted by atomic mass is 9.53. The molecule has 0 aromatic carbocycles. The van der Waals surface area contributed by atoms with Crippen LogP contribution in [0, 0.1) is 29.1 Å². The predicted molar refractivity (Wildman–Crippen MR) is 119 cm³/mol. The number of esters is 1. The highest BCUT2D eigenvalue weighted by atomic mass is 127. The first-order chi connectivity index (χ1) is 12.0. The van der Waals surface area contributed by atoms with E-state index in [4.69, 9.17) is 4.74 Å². The summed E-state index contributed by atoms with van der Waals surface area (Å²) < 4.78 is 7.86. The topological polar surface area (TPSA) is 46.5 Å². The van der Waals surface area contributed by atoms with E-state index >= 15 is 0 Å².